The van der Waals surface area contributed by atoms with Crippen molar-refractivity contribution in [3.05, 3.63) is 241 Å². The summed E-state index contributed by atoms with van der Waals surface area (Å²) in [6.45, 7) is 62.5. The normalized spacial score (nSPS) is 11.4. The zero-order chi connectivity index (χ0) is 82.3. The molecule has 12 heteroatoms. The number of rotatable bonds is 12. The zero-order valence-corrected chi connectivity index (χ0v) is 73.5. The van der Waals surface area contributed by atoms with E-state index in [1.54, 1.807) is 40.6 Å². The van der Waals surface area contributed by atoms with Gasteiger partial charge in [-0.05, 0) is 210 Å². The monoisotopic (exact) mass is 1510 g/mol. The van der Waals surface area contributed by atoms with Crippen LogP contribution in [0.15, 0.2) is 164 Å². The lowest BCUT2D eigenvalue weighted by Gasteiger charge is -2.21. The van der Waals surface area contributed by atoms with Crippen LogP contribution in [0.1, 0.15) is 262 Å². The number of carbonyl (C=O) groups is 1. The first-order valence-electron chi connectivity index (χ1n) is 37.5. The van der Waals surface area contributed by atoms with Gasteiger partial charge in [0, 0.05) is 23.7 Å². The van der Waals surface area contributed by atoms with Crippen LogP contribution in [-0.2, 0) is 54.5 Å². The number of hydrogen-bond donors (Lipinski definition) is 1. The highest BCUT2D eigenvalue weighted by Crippen LogP contribution is 2.37. The lowest BCUT2D eigenvalue weighted by molar-refractivity contribution is -0.114. The van der Waals surface area contributed by atoms with Crippen molar-refractivity contribution in [3.8, 4) is 34.5 Å². The number of nitrogens with one attached hydrogen (secondary N) is 1. The van der Waals surface area contributed by atoms with Crippen molar-refractivity contribution in [2.45, 2.75) is 263 Å². The summed E-state index contributed by atoms with van der Waals surface area (Å²) in [6.07, 6.45) is 3.00. The number of hydrogen-bond acceptors (Lipinski definition) is 7. The van der Waals surface area contributed by atoms with Crippen LogP contribution in [0.3, 0.4) is 0 Å². The molecule has 0 unspecified atom stereocenters. The Kier molecular flexibility index (Phi) is 40.3. The first-order valence-corrected chi connectivity index (χ1v) is 38.3. The Morgan fingerprint density at radius 1 is 0.374 bits per heavy atom. The van der Waals surface area contributed by atoms with Crippen LogP contribution >= 0.6 is 23.2 Å². The topological polar surface area (TPSA) is 84.5 Å². The van der Waals surface area contributed by atoms with E-state index >= 15 is 0 Å². The molecule has 0 spiro atoms. The summed E-state index contributed by atoms with van der Waals surface area (Å²) in [6, 6.07) is 53.4. The molecule has 0 saturated heterocycles. The number of amides is 1. The first kappa shape index (κ1) is 97.5. The molecule has 0 bridgehead atoms. The van der Waals surface area contributed by atoms with Crippen LogP contribution in [0.2, 0.25) is 10.0 Å². The molecule has 0 heterocycles. The van der Waals surface area contributed by atoms with Gasteiger partial charge in [0.1, 0.15) is 46.1 Å². The Hall–Kier alpha value is -7.53. The first-order chi connectivity index (χ1) is 49.2. The summed E-state index contributed by atoms with van der Waals surface area (Å²) in [5.74, 6) is 4.96. The molecule has 107 heavy (non-hydrogen) atoms. The van der Waals surface area contributed by atoms with E-state index in [-0.39, 0.29) is 60.9 Å². The molecular weight excluding hydrogens is 1380 g/mol. The van der Waals surface area contributed by atoms with Gasteiger partial charge in [-0.1, -0.05) is 283 Å². The second kappa shape index (κ2) is 44.2. The van der Waals surface area contributed by atoms with Gasteiger partial charge >= 0.3 is 0 Å². The van der Waals surface area contributed by atoms with Gasteiger partial charge in [0.15, 0.2) is 0 Å². The summed E-state index contributed by atoms with van der Waals surface area (Å²) < 4.78 is 58.7. The summed E-state index contributed by atoms with van der Waals surface area (Å²) in [4.78, 5) is 11.0. The van der Waals surface area contributed by atoms with Crippen molar-refractivity contribution in [1.29, 1.82) is 0 Å². The van der Waals surface area contributed by atoms with Crippen molar-refractivity contribution in [2.75, 3.05) is 47.0 Å². The van der Waals surface area contributed by atoms with Gasteiger partial charge in [-0.3, -0.25) is 4.79 Å². The Morgan fingerprint density at radius 2 is 0.766 bits per heavy atom. The lowest BCUT2D eigenvalue weighted by Crippen LogP contribution is -2.13. The third-order valence-electron chi connectivity index (χ3n) is 16.8. The van der Waals surface area contributed by atoms with E-state index in [9.17, 15) is 13.6 Å². The van der Waals surface area contributed by atoms with E-state index in [0.717, 1.165) is 116 Å². The number of ether oxygens (including phenoxy) is 6. The molecule has 0 radical (unpaired) electrons. The maximum Gasteiger partial charge on any atom is 0.221 e. The summed E-state index contributed by atoms with van der Waals surface area (Å²) in [5.41, 5.74) is 12.4. The highest BCUT2D eigenvalue weighted by molar-refractivity contribution is 6.33. The largest absolute Gasteiger partial charge is 0.497 e. The molecule has 592 valence electrons. The molecule has 8 aromatic rings. The molecule has 1 amide bonds. The number of carbonyl (C=O) groups excluding carboxylic acids is 1. The average molecular weight is 1510 g/mol. The quantitative estimate of drug-likeness (QED) is 0.130. The molecule has 0 atom stereocenters. The summed E-state index contributed by atoms with van der Waals surface area (Å²) in [7, 11) is 6.59. The Balaban J connectivity index is 0.000000612. The predicted molar refractivity (Wildman–Crippen MR) is 457 cm³/mol. The Bertz CT molecular complexity index is 3850. The maximum absolute atomic E-state index is 13.5. The van der Waals surface area contributed by atoms with Gasteiger partial charge in [0.2, 0.25) is 5.91 Å². The lowest BCUT2D eigenvalue weighted by atomic mass is 9.86. The highest BCUT2D eigenvalue weighted by atomic mass is 35.5. The third-order valence-corrected chi connectivity index (χ3v) is 17.4. The van der Waals surface area contributed by atoms with Crippen LogP contribution in [-0.4, -0.2) is 47.6 Å². The summed E-state index contributed by atoms with van der Waals surface area (Å²) >= 11 is 12.1. The second-order valence-corrected chi connectivity index (χ2v) is 35.8. The molecule has 0 aliphatic carbocycles. The van der Waals surface area contributed by atoms with Crippen molar-refractivity contribution < 1.29 is 42.0 Å². The molecule has 0 aliphatic rings. The molecule has 8 nitrogen and oxygen atoms in total. The van der Waals surface area contributed by atoms with E-state index in [1.807, 2.05) is 159 Å². The Morgan fingerprint density at radius 3 is 1.13 bits per heavy atom. The standard InChI is InChI=1S/C13H19NO2.2C13H20O.C12H17F.2C11H15ClO.C11H15F.C11H16O/c1-9(15)14-11-6-10(13(2,3)4)7-12(8-11)16-5;2*1-5-9-14-12-8-6-7-11(10-12)13(2,3)4;1-5-9-6-7-10(11(13)8-9)12(2,3)4;1-11(2,3)8-5-9(12)7-10(6-8)13-4;1-11(2,3)8-6-5-7-9(13-4)10(8)12;1-8-5-6-9(10(12)7-8)11(2,3)4;1-11(2,3)9-5-7-10(12-4)8-6-9/h6-8H,1-5H3,(H,14,15);2*6-8,10H,5,9H2,1-4H3;6-8H,5H2,1-4H3;2*5-7H,1-4H3;5-7H,1-4H3;5-8H,1-4H3. The average Bonchev–Trinajstić information content (AvgIpc) is 0.812. The van der Waals surface area contributed by atoms with Crippen LogP contribution < -0.4 is 33.7 Å². The van der Waals surface area contributed by atoms with Crippen molar-refractivity contribution in [2.24, 2.45) is 0 Å². The fraction of sp³-hybridized carbons (Fsp3) is 0.484. The van der Waals surface area contributed by atoms with Crippen LogP contribution in [0.25, 0.3) is 0 Å². The molecule has 0 aromatic heterocycles. The van der Waals surface area contributed by atoms with E-state index in [2.05, 4.69) is 192 Å². The van der Waals surface area contributed by atoms with Crippen molar-refractivity contribution in [1.82, 2.24) is 0 Å². The van der Waals surface area contributed by atoms with Gasteiger partial charge < -0.3 is 33.7 Å². The van der Waals surface area contributed by atoms with Gasteiger partial charge in [-0.25, -0.2) is 8.78 Å². The minimum atomic E-state index is -0.101. The van der Waals surface area contributed by atoms with E-state index in [4.69, 9.17) is 51.6 Å². The number of aryl methyl sites for hydroxylation is 2. The molecule has 0 fully saturated rings. The van der Waals surface area contributed by atoms with Gasteiger partial charge in [0.05, 0.1) is 46.7 Å². The summed E-state index contributed by atoms with van der Waals surface area (Å²) in [5, 5.41) is 4.22. The molecule has 0 aliphatic heterocycles. The van der Waals surface area contributed by atoms with E-state index in [1.165, 1.54) is 29.2 Å². The van der Waals surface area contributed by atoms with E-state index < -0.39 is 0 Å². The van der Waals surface area contributed by atoms with Gasteiger partial charge in [0.25, 0.3) is 0 Å². The number of benzene rings is 8. The second-order valence-electron chi connectivity index (χ2n) is 35.0. The molecule has 8 rings (SSSR count). The fourth-order valence-corrected chi connectivity index (χ4v) is 10.7. The van der Waals surface area contributed by atoms with Gasteiger partial charge in [-0.15, -0.1) is 0 Å². The SMILES string of the molecule is CCCOc1cccc(C(C)(C)C)c1.CCCOc1cccc(C(C)(C)C)c1.CCc1ccc(C(C)(C)C)c(F)c1.COc1cc(Cl)cc(C(C)(C)C)c1.COc1cc(NC(C)=O)cc(C(C)(C)C)c1.COc1ccc(C(C)(C)C)cc1.COc1cccc(C(C)(C)C)c1Cl.Cc1ccc(C(C)(C)C)c(F)c1. The molecule has 0 saturated carbocycles. The van der Waals surface area contributed by atoms with E-state index in [0.29, 0.717) is 0 Å². The number of anilines is 1. The van der Waals surface area contributed by atoms with Crippen LogP contribution in [0.4, 0.5) is 14.5 Å². The fourth-order valence-electron chi connectivity index (χ4n) is 10.0. The molecular formula is C95H137Cl2F2NO7. The number of methoxy groups -OCH3 is 4. The smallest absolute Gasteiger partial charge is 0.221 e. The third kappa shape index (κ3) is 37.4. The predicted octanol–water partition coefficient (Wildman–Crippen LogP) is 27.9. The van der Waals surface area contributed by atoms with Crippen LogP contribution in [0.5, 0.6) is 34.5 Å². The highest BCUT2D eigenvalue weighted by Gasteiger charge is 2.23. The number of halogens is 4. The molecule has 8 aromatic carbocycles. The maximum atomic E-state index is 13.5. The van der Waals surface area contributed by atoms with Crippen molar-refractivity contribution >= 4 is 34.8 Å². The zero-order valence-electron chi connectivity index (χ0n) is 72.0. The van der Waals surface area contributed by atoms with Crippen LogP contribution in [0, 0.1) is 18.6 Å². The Labute approximate surface area is 658 Å². The minimum Gasteiger partial charge on any atom is -0.497 e. The van der Waals surface area contributed by atoms with Crippen molar-refractivity contribution in [3.63, 3.8) is 0 Å². The minimum absolute atomic E-state index is 0.0295. The van der Waals surface area contributed by atoms with Gasteiger partial charge in [-0.2, -0.15) is 0 Å². The molecule has 1 N–H and O–H groups in total.